The number of nitrogens with two attached hydrogens (primary N) is 1. The summed E-state index contributed by atoms with van der Waals surface area (Å²) in [4.78, 5) is 12.0. The summed E-state index contributed by atoms with van der Waals surface area (Å²) in [5.74, 6) is 0.401. The van der Waals surface area contributed by atoms with Gasteiger partial charge in [-0.3, -0.25) is 4.79 Å². The fourth-order valence-electron chi connectivity index (χ4n) is 2.01. The molecule has 0 amide bonds. The molecule has 1 aromatic heterocycles. The van der Waals surface area contributed by atoms with Gasteiger partial charge in [0.15, 0.2) is 0 Å². The highest BCUT2D eigenvalue weighted by Gasteiger charge is 2.08. The first-order valence-corrected chi connectivity index (χ1v) is 7.85. The fourth-order valence-corrected chi connectivity index (χ4v) is 2.01. The average molecular weight is 317 g/mol. The summed E-state index contributed by atoms with van der Waals surface area (Å²) in [6.07, 6.45) is 0. The molecular weight excluding hydrogens is 290 g/mol. The molecule has 2 aromatic rings. The Morgan fingerprint density at radius 1 is 1.22 bits per heavy atom. The molecule has 1 aromatic carbocycles. The van der Waals surface area contributed by atoms with Crippen molar-refractivity contribution in [1.82, 2.24) is 9.78 Å². The van der Waals surface area contributed by atoms with Gasteiger partial charge in [0.2, 0.25) is 0 Å². The Balaban J connectivity index is 0.000000593. The number of rotatable bonds is 4. The van der Waals surface area contributed by atoms with Crippen LogP contribution in [0.1, 0.15) is 25.0 Å². The molecule has 126 valence electrons. The predicted molar refractivity (Wildman–Crippen MR) is 94.4 cm³/mol. The number of hydrogen-bond acceptors (Lipinski definition) is 4. The number of aryl methyl sites for hydroxylation is 2. The van der Waals surface area contributed by atoms with Crippen LogP contribution in [0.3, 0.4) is 0 Å². The first kappa shape index (κ1) is 19.1. The number of aromatic nitrogens is 2. The molecule has 5 nitrogen and oxygen atoms in total. The molecule has 5 heteroatoms. The molecule has 0 spiro atoms. The van der Waals surface area contributed by atoms with Gasteiger partial charge < -0.3 is 10.8 Å². The van der Waals surface area contributed by atoms with Gasteiger partial charge in [-0.1, -0.05) is 43.7 Å². The van der Waals surface area contributed by atoms with Gasteiger partial charge in [-0.25, -0.2) is 4.68 Å². The summed E-state index contributed by atoms with van der Waals surface area (Å²) in [7, 11) is 0. The van der Waals surface area contributed by atoms with Gasteiger partial charge in [0, 0.05) is 24.2 Å². The maximum Gasteiger partial charge on any atom is 0.269 e. The van der Waals surface area contributed by atoms with Gasteiger partial charge in [-0.15, -0.1) is 0 Å². The largest absolute Gasteiger partial charge is 0.395 e. The first-order valence-electron chi connectivity index (χ1n) is 7.85. The zero-order chi connectivity index (χ0) is 17.4. The van der Waals surface area contributed by atoms with Crippen LogP contribution >= 0.6 is 0 Å². The van der Waals surface area contributed by atoms with Gasteiger partial charge in [0.05, 0.1) is 12.3 Å². The van der Waals surface area contributed by atoms with E-state index in [0.717, 1.165) is 16.8 Å². The van der Waals surface area contributed by atoms with Crippen molar-refractivity contribution < 1.29 is 5.11 Å². The van der Waals surface area contributed by atoms with E-state index in [1.807, 2.05) is 25.1 Å². The molecule has 0 saturated heterocycles. The molecule has 0 saturated carbocycles. The van der Waals surface area contributed by atoms with Crippen LogP contribution in [0.15, 0.2) is 35.1 Å². The Morgan fingerprint density at radius 3 is 2.26 bits per heavy atom. The van der Waals surface area contributed by atoms with Crippen molar-refractivity contribution >= 4 is 0 Å². The zero-order valence-electron chi connectivity index (χ0n) is 14.4. The van der Waals surface area contributed by atoms with Crippen LogP contribution in [0.2, 0.25) is 0 Å². The Hall–Kier alpha value is -1.98. The van der Waals surface area contributed by atoms with Crippen LogP contribution in [0.5, 0.6) is 0 Å². The second-order valence-electron chi connectivity index (χ2n) is 5.97. The Morgan fingerprint density at radius 2 is 1.78 bits per heavy atom. The first-order chi connectivity index (χ1) is 10.9. The van der Waals surface area contributed by atoms with Crippen LogP contribution in [-0.2, 0) is 6.54 Å². The molecule has 0 aliphatic rings. The smallest absolute Gasteiger partial charge is 0.269 e. The summed E-state index contributed by atoms with van der Waals surface area (Å²) < 4.78 is 1.58. The van der Waals surface area contributed by atoms with Crippen molar-refractivity contribution in [3.05, 3.63) is 51.8 Å². The van der Waals surface area contributed by atoms with Crippen LogP contribution in [0.25, 0.3) is 11.3 Å². The molecule has 2 rings (SSSR count). The molecule has 0 fully saturated rings. The normalized spacial score (nSPS) is 10.4. The summed E-state index contributed by atoms with van der Waals surface area (Å²) in [5.41, 5.74) is 8.65. The van der Waals surface area contributed by atoms with Crippen molar-refractivity contribution in [2.45, 2.75) is 34.2 Å². The van der Waals surface area contributed by atoms with Crippen LogP contribution < -0.4 is 11.3 Å². The van der Waals surface area contributed by atoms with Crippen LogP contribution in [0.4, 0.5) is 0 Å². The van der Waals surface area contributed by atoms with Crippen molar-refractivity contribution in [2.75, 3.05) is 13.2 Å². The van der Waals surface area contributed by atoms with Gasteiger partial charge in [-0.2, -0.15) is 5.10 Å². The number of nitrogens with zero attached hydrogens (tertiary/aromatic N) is 2. The molecule has 3 N–H and O–H groups in total. The average Bonchev–Trinajstić information content (AvgIpc) is 2.52. The lowest BCUT2D eigenvalue weighted by atomic mass is 10.1. The van der Waals surface area contributed by atoms with E-state index in [-0.39, 0.29) is 12.2 Å². The summed E-state index contributed by atoms with van der Waals surface area (Å²) in [5, 5.41) is 12.2. The lowest BCUT2D eigenvalue weighted by Crippen LogP contribution is -2.27. The van der Waals surface area contributed by atoms with Gasteiger partial charge in [-0.05, 0) is 25.8 Å². The standard InChI is InChI=1S/C16H20N2O.C2H7NO/c1-11(2)10-18-16(19)13(4)9-15(17-18)14-7-5-12(3)6-8-14;3-1-2-4/h5-9,11H,10H2,1-4H3;4H,1-3H2. The minimum Gasteiger partial charge on any atom is -0.395 e. The lowest BCUT2D eigenvalue weighted by molar-refractivity contribution is 0.306. The van der Waals surface area contributed by atoms with E-state index in [2.05, 4.69) is 38.0 Å². The van der Waals surface area contributed by atoms with Crippen molar-refractivity contribution in [3.8, 4) is 11.3 Å². The van der Waals surface area contributed by atoms with E-state index in [1.54, 1.807) is 4.68 Å². The molecule has 23 heavy (non-hydrogen) atoms. The lowest BCUT2D eigenvalue weighted by Gasteiger charge is -2.11. The van der Waals surface area contributed by atoms with Crippen molar-refractivity contribution in [3.63, 3.8) is 0 Å². The molecule has 0 unspecified atom stereocenters. The number of aliphatic hydroxyl groups is 1. The summed E-state index contributed by atoms with van der Waals surface area (Å²) in [6.45, 7) is 9.20. The second kappa shape index (κ2) is 9.22. The maximum absolute atomic E-state index is 12.0. The maximum atomic E-state index is 12.0. The monoisotopic (exact) mass is 317 g/mol. The van der Waals surface area contributed by atoms with Crippen molar-refractivity contribution in [2.24, 2.45) is 11.7 Å². The van der Waals surface area contributed by atoms with Crippen LogP contribution in [0, 0.1) is 19.8 Å². The Bertz CT molecular complexity index is 659. The van der Waals surface area contributed by atoms with E-state index in [4.69, 9.17) is 10.8 Å². The highest BCUT2D eigenvalue weighted by atomic mass is 16.3. The van der Waals surface area contributed by atoms with E-state index in [0.29, 0.717) is 19.0 Å². The highest BCUT2D eigenvalue weighted by molar-refractivity contribution is 5.59. The fraction of sp³-hybridized carbons (Fsp3) is 0.444. The minimum atomic E-state index is 0.00422. The number of aliphatic hydroxyl groups excluding tert-OH is 1. The van der Waals surface area contributed by atoms with Gasteiger partial charge in [0.25, 0.3) is 5.56 Å². The minimum absolute atomic E-state index is 0.00422. The summed E-state index contributed by atoms with van der Waals surface area (Å²) >= 11 is 0. The van der Waals surface area contributed by atoms with E-state index in [9.17, 15) is 4.79 Å². The molecule has 0 radical (unpaired) electrons. The van der Waals surface area contributed by atoms with Gasteiger partial charge >= 0.3 is 0 Å². The van der Waals surface area contributed by atoms with E-state index in [1.165, 1.54) is 5.56 Å². The van der Waals surface area contributed by atoms with Gasteiger partial charge in [0.1, 0.15) is 0 Å². The van der Waals surface area contributed by atoms with E-state index >= 15 is 0 Å². The third-order valence-corrected chi connectivity index (χ3v) is 3.17. The summed E-state index contributed by atoms with van der Waals surface area (Å²) in [6, 6.07) is 10.1. The van der Waals surface area contributed by atoms with Crippen LogP contribution in [-0.4, -0.2) is 28.0 Å². The third-order valence-electron chi connectivity index (χ3n) is 3.17. The Kier molecular flexibility index (Phi) is 7.65. The topological polar surface area (TPSA) is 81.1 Å². The molecular formula is C18H27N3O2. The predicted octanol–water partition coefficient (Wildman–Crippen LogP) is 2.12. The third kappa shape index (κ3) is 5.96. The quantitative estimate of drug-likeness (QED) is 0.905. The number of benzene rings is 1. The molecule has 0 bridgehead atoms. The Labute approximate surface area is 137 Å². The van der Waals surface area contributed by atoms with Crippen molar-refractivity contribution in [1.29, 1.82) is 0 Å². The molecule has 0 aliphatic carbocycles. The highest BCUT2D eigenvalue weighted by Crippen LogP contribution is 2.17. The zero-order valence-corrected chi connectivity index (χ0v) is 14.4. The molecule has 0 aliphatic heterocycles. The second-order valence-corrected chi connectivity index (χ2v) is 5.97. The molecule has 1 heterocycles. The SMILES string of the molecule is Cc1ccc(-c2cc(C)c(=O)n(CC(C)C)n2)cc1.NCCO. The number of hydrogen-bond donors (Lipinski definition) is 2. The molecule has 0 atom stereocenters. The van der Waals surface area contributed by atoms with E-state index < -0.39 is 0 Å².